The lowest BCUT2D eigenvalue weighted by molar-refractivity contribution is 0.0536. The molecule has 0 aromatic heterocycles. The van der Waals surface area contributed by atoms with E-state index in [1.807, 2.05) is 0 Å². The van der Waals surface area contributed by atoms with E-state index in [-0.39, 0.29) is 13.2 Å². The quantitative estimate of drug-likeness (QED) is 0.838. The van der Waals surface area contributed by atoms with Crippen LogP contribution in [0.4, 0.5) is 0 Å². The number of hydrogen-bond donors (Lipinski definition) is 2. The molecular weight excluding hydrogens is 227 g/mol. The predicted molar refractivity (Wildman–Crippen MR) is 55.0 cm³/mol. The van der Waals surface area contributed by atoms with Gasteiger partial charge in [0.1, 0.15) is 18.5 Å². The second-order valence-corrected chi connectivity index (χ2v) is 3.57. The fourth-order valence-electron chi connectivity index (χ4n) is 0.826. The molecule has 0 saturated heterocycles. The van der Waals surface area contributed by atoms with E-state index in [0.717, 1.165) is 0 Å². The molecule has 1 rings (SSSR count). The van der Waals surface area contributed by atoms with Gasteiger partial charge < -0.3 is 14.9 Å². The third kappa shape index (κ3) is 3.35. The molecular formula is C9H10Cl2O3. The summed E-state index contributed by atoms with van der Waals surface area (Å²) in [5, 5.41) is 18.5. The average molecular weight is 237 g/mol. The van der Waals surface area contributed by atoms with E-state index in [9.17, 15) is 0 Å². The smallest absolute Gasteiger partial charge is 0.139 e. The molecule has 1 unspecified atom stereocenters. The Balaban J connectivity index is 2.62. The molecule has 0 aliphatic heterocycles. The highest BCUT2D eigenvalue weighted by atomic mass is 35.5. The van der Waals surface area contributed by atoms with Crippen LogP contribution < -0.4 is 4.74 Å². The molecule has 0 saturated carbocycles. The number of aliphatic hydroxyl groups excluding tert-OH is 2. The Labute approximate surface area is 91.8 Å². The summed E-state index contributed by atoms with van der Waals surface area (Å²) in [6.45, 7) is -0.366. The third-order valence-electron chi connectivity index (χ3n) is 1.54. The van der Waals surface area contributed by atoms with Gasteiger partial charge in [-0.25, -0.2) is 0 Å². The normalized spacial score (nSPS) is 12.6. The van der Waals surface area contributed by atoms with Gasteiger partial charge in [-0.3, -0.25) is 0 Å². The van der Waals surface area contributed by atoms with Gasteiger partial charge in [0.05, 0.1) is 11.6 Å². The van der Waals surface area contributed by atoms with Crippen molar-refractivity contribution < 1.29 is 14.9 Å². The van der Waals surface area contributed by atoms with Crippen LogP contribution in [-0.2, 0) is 0 Å². The maximum atomic E-state index is 9.03. The summed E-state index contributed by atoms with van der Waals surface area (Å²) in [5.74, 6) is 0.395. The van der Waals surface area contributed by atoms with Gasteiger partial charge in [0.15, 0.2) is 0 Å². The molecule has 14 heavy (non-hydrogen) atoms. The molecule has 0 amide bonds. The first-order valence-corrected chi connectivity index (χ1v) is 4.76. The summed E-state index contributed by atoms with van der Waals surface area (Å²) < 4.78 is 5.14. The maximum Gasteiger partial charge on any atom is 0.139 e. The minimum Gasteiger partial charge on any atom is -0.489 e. The molecule has 0 aliphatic rings. The molecule has 0 radical (unpaired) electrons. The van der Waals surface area contributed by atoms with Crippen LogP contribution in [0.1, 0.15) is 0 Å². The molecule has 1 atom stereocenters. The van der Waals surface area contributed by atoms with Crippen molar-refractivity contribution in [1.82, 2.24) is 0 Å². The first-order chi connectivity index (χ1) is 6.63. The van der Waals surface area contributed by atoms with Gasteiger partial charge in [0, 0.05) is 11.1 Å². The highest BCUT2D eigenvalue weighted by molar-refractivity contribution is 6.34. The molecule has 0 bridgehead atoms. The van der Waals surface area contributed by atoms with Gasteiger partial charge >= 0.3 is 0 Å². The first-order valence-electron chi connectivity index (χ1n) is 4.00. The number of halogens is 2. The predicted octanol–water partition coefficient (Wildman–Crippen LogP) is 1.73. The summed E-state index contributed by atoms with van der Waals surface area (Å²) >= 11 is 11.5. The number of benzene rings is 1. The van der Waals surface area contributed by atoms with Crippen molar-refractivity contribution in [2.75, 3.05) is 13.2 Å². The number of hydrogen-bond acceptors (Lipinski definition) is 3. The van der Waals surface area contributed by atoms with E-state index in [2.05, 4.69) is 0 Å². The van der Waals surface area contributed by atoms with Crippen LogP contribution in [0.5, 0.6) is 5.75 Å². The van der Waals surface area contributed by atoms with Crippen LogP contribution in [-0.4, -0.2) is 29.5 Å². The van der Waals surface area contributed by atoms with Crippen LogP contribution in [0, 0.1) is 0 Å². The van der Waals surface area contributed by atoms with Crippen molar-refractivity contribution in [3.05, 3.63) is 28.2 Å². The Hall–Kier alpha value is -0.480. The highest BCUT2D eigenvalue weighted by Crippen LogP contribution is 2.27. The van der Waals surface area contributed by atoms with E-state index >= 15 is 0 Å². The van der Waals surface area contributed by atoms with Gasteiger partial charge in [0.25, 0.3) is 0 Å². The van der Waals surface area contributed by atoms with Gasteiger partial charge in [0.2, 0.25) is 0 Å². The zero-order valence-electron chi connectivity index (χ0n) is 7.28. The van der Waals surface area contributed by atoms with Crippen molar-refractivity contribution in [3.63, 3.8) is 0 Å². The lowest BCUT2D eigenvalue weighted by atomic mass is 10.3. The van der Waals surface area contributed by atoms with E-state index in [0.29, 0.717) is 15.8 Å². The lowest BCUT2D eigenvalue weighted by Gasteiger charge is -2.11. The van der Waals surface area contributed by atoms with Crippen molar-refractivity contribution in [3.8, 4) is 5.75 Å². The molecule has 0 heterocycles. The van der Waals surface area contributed by atoms with Crippen LogP contribution in [0.25, 0.3) is 0 Å². The standard InChI is InChI=1S/C9H10Cl2O3/c10-6-1-2-8(11)9(3-6)14-5-7(13)4-12/h1-3,7,12-13H,4-5H2. The van der Waals surface area contributed by atoms with Crippen LogP contribution in [0.2, 0.25) is 10.0 Å². The number of ether oxygens (including phenoxy) is 1. The Morgan fingerprint density at radius 3 is 2.71 bits per heavy atom. The molecule has 1 aromatic carbocycles. The molecule has 0 fully saturated rings. The molecule has 78 valence electrons. The van der Waals surface area contributed by atoms with E-state index in [1.54, 1.807) is 18.2 Å². The summed E-state index contributed by atoms with van der Waals surface area (Å²) in [6, 6.07) is 4.79. The third-order valence-corrected chi connectivity index (χ3v) is 2.08. The first kappa shape index (κ1) is 11.6. The highest BCUT2D eigenvalue weighted by Gasteiger charge is 2.06. The van der Waals surface area contributed by atoms with Crippen molar-refractivity contribution >= 4 is 23.2 Å². The van der Waals surface area contributed by atoms with Crippen LogP contribution in [0.15, 0.2) is 18.2 Å². The van der Waals surface area contributed by atoms with Gasteiger partial charge in [-0.05, 0) is 12.1 Å². The minimum absolute atomic E-state index is 0.0173. The number of rotatable bonds is 4. The SMILES string of the molecule is OCC(O)COc1cc(Cl)ccc1Cl. The monoisotopic (exact) mass is 236 g/mol. The molecule has 3 nitrogen and oxygen atoms in total. The Kier molecular flexibility index (Phi) is 4.48. The largest absolute Gasteiger partial charge is 0.489 e. The zero-order valence-corrected chi connectivity index (χ0v) is 8.79. The summed E-state index contributed by atoms with van der Waals surface area (Å²) in [7, 11) is 0. The van der Waals surface area contributed by atoms with Crippen molar-refractivity contribution in [2.45, 2.75) is 6.10 Å². The Morgan fingerprint density at radius 2 is 2.07 bits per heavy atom. The van der Waals surface area contributed by atoms with Crippen molar-refractivity contribution in [1.29, 1.82) is 0 Å². The van der Waals surface area contributed by atoms with Gasteiger partial charge in [-0.15, -0.1) is 0 Å². The van der Waals surface area contributed by atoms with E-state index in [4.69, 9.17) is 38.2 Å². The van der Waals surface area contributed by atoms with E-state index < -0.39 is 6.10 Å². The molecule has 1 aromatic rings. The fourth-order valence-corrected chi connectivity index (χ4v) is 1.16. The second-order valence-electron chi connectivity index (χ2n) is 2.72. The Bertz CT molecular complexity index is 304. The summed E-state index contributed by atoms with van der Waals surface area (Å²) in [4.78, 5) is 0. The van der Waals surface area contributed by atoms with Crippen LogP contribution >= 0.6 is 23.2 Å². The lowest BCUT2D eigenvalue weighted by Crippen LogP contribution is -2.21. The average Bonchev–Trinajstić information content (AvgIpc) is 2.19. The Morgan fingerprint density at radius 1 is 1.36 bits per heavy atom. The number of aliphatic hydroxyl groups is 2. The molecule has 0 spiro atoms. The second kappa shape index (κ2) is 5.41. The summed E-state index contributed by atoms with van der Waals surface area (Å²) in [6.07, 6.45) is -0.912. The minimum atomic E-state index is -0.912. The summed E-state index contributed by atoms with van der Waals surface area (Å²) in [5.41, 5.74) is 0. The zero-order chi connectivity index (χ0) is 10.6. The molecule has 0 aliphatic carbocycles. The van der Waals surface area contributed by atoms with Crippen molar-refractivity contribution in [2.24, 2.45) is 0 Å². The maximum absolute atomic E-state index is 9.03. The molecule has 2 N–H and O–H groups in total. The molecule has 5 heteroatoms. The van der Waals surface area contributed by atoms with Gasteiger partial charge in [-0.1, -0.05) is 23.2 Å². The topological polar surface area (TPSA) is 49.7 Å². The van der Waals surface area contributed by atoms with Crippen LogP contribution in [0.3, 0.4) is 0 Å². The fraction of sp³-hybridized carbons (Fsp3) is 0.333. The van der Waals surface area contributed by atoms with Gasteiger partial charge in [-0.2, -0.15) is 0 Å². The van der Waals surface area contributed by atoms with E-state index in [1.165, 1.54) is 0 Å².